The Hall–Kier alpha value is -1.03. The molecule has 1 aromatic carbocycles. The minimum Gasteiger partial charge on any atom is -0.285 e. The molecule has 0 saturated heterocycles. The van der Waals surface area contributed by atoms with Gasteiger partial charge in [-0.15, -0.1) is 0 Å². The predicted octanol–water partition coefficient (Wildman–Crippen LogP) is 0.734. The molecule has 1 radical (unpaired) electrons. The van der Waals surface area contributed by atoms with Gasteiger partial charge >= 0.3 is 0 Å². The first-order valence-electron chi connectivity index (χ1n) is 3.08. The molecule has 0 heterocycles. The van der Waals surface area contributed by atoms with Gasteiger partial charge in [0.25, 0.3) is 0 Å². The molecule has 1 N–H and O–H groups in total. The Morgan fingerprint density at radius 2 is 2.27 bits per heavy atom. The molecule has 0 aliphatic rings. The number of aryl methyl sites for hydroxylation is 1. The molecule has 0 fully saturated rings. The van der Waals surface area contributed by atoms with Gasteiger partial charge in [0.1, 0.15) is 0 Å². The lowest BCUT2D eigenvalue weighted by Crippen LogP contribution is -1.96. The van der Waals surface area contributed by atoms with Crippen molar-refractivity contribution in [1.82, 2.24) is 0 Å². The van der Waals surface area contributed by atoms with Crippen LogP contribution in [-0.2, 0) is 10.9 Å². The fourth-order valence-electron chi connectivity index (χ4n) is 0.727. The zero-order valence-electron chi connectivity index (χ0n) is 6.00. The van der Waals surface area contributed by atoms with Crippen LogP contribution in [0.5, 0.6) is 0 Å². The first-order valence-corrected chi connectivity index (χ1v) is 4.25. The summed E-state index contributed by atoms with van der Waals surface area (Å²) in [5.74, 6) is 0. The summed E-state index contributed by atoms with van der Waals surface area (Å²) in [6.07, 6.45) is 0. The minimum atomic E-state index is -2.56. The van der Waals surface area contributed by atoms with E-state index in [1.54, 1.807) is 18.2 Å². The first-order chi connectivity index (χ1) is 5.20. The van der Waals surface area contributed by atoms with Gasteiger partial charge in [-0.2, -0.15) is 0 Å². The van der Waals surface area contributed by atoms with Gasteiger partial charge in [0.15, 0.2) is 0 Å². The molecular weight excluding hydrogens is 162 g/mol. The molecule has 1 rings (SSSR count). The molecule has 0 amide bonds. The SMILES string of the molecule is Cc1cc[c]cc1N[SH](=O)=O. The highest BCUT2D eigenvalue weighted by atomic mass is 32.2. The Labute approximate surface area is 67.1 Å². The van der Waals surface area contributed by atoms with Gasteiger partial charge in [-0.3, -0.25) is 4.72 Å². The minimum absolute atomic E-state index is 0.587. The van der Waals surface area contributed by atoms with Crippen molar-refractivity contribution in [3.8, 4) is 0 Å². The molecule has 59 valence electrons. The Morgan fingerprint density at radius 3 is 2.82 bits per heavy atom. The van der Waals surface area contributed by atoms with E-state index in [0.29, 0.717) is 5.69 Å². The number of thiol groups is 1. The van der Waals surface area contributed by atoms with Crippen molar-refractivity contribution < 1.29 is 8.42 Å². The van der Waals surface area contributed by atoms with E-state index in [1.807, 2.05) is 6.92 Å². The second kappa shape index (κ2) is 3.39. The van der Waals surface area contributed by atoms with E-state index in [9.17, 15) is 8.42 Å². The lowest BCUT2D eigenvalue weighted by molar-refractivity contribution is 0.619. The normalized spacial score (nSPS) is 10.0. The summed E-state index contributed by atoms with van der Waals surface area (Å²) >= 11 is 0. The molecule has 4 heteroatoms. The molecule has 0 aromatic heterocycles. The number of benzene rings is 1. The highest BCUT2D eigenvalue weighted by Gasteiger charge is 1.94. The van der Waals surface area contributed by atoms with E-state index in [0.717, 1.165) is 5.56 Å². The van der Waals surface area contributed by atoms with Crippen molar-refractivity contribution in [1.29, 1.82) is 0 Å². The average molecular weight is 170 g/mol. The lowest BCUT2D eigenvalue weighted by atomic mass is 10.2. The fourth-order valence-corrected chi connectivity index (χ4v) is 1.16. The Bertz CT molecular complexity index is 312. The maximum absolute atomic E-state index is 10.2. The molecule has 3 nitrogen and oxygen atoms in total. The molecular formula is C7H8NO2S. The summed E-state index contributed by atoms with van der Waals surface area (Å²) in [6, 6.07) is 7.90. The van der Waals surface area contributed by atoms with Crippen molar-refractivity contribution in [2.24, 2.45) is 0 Å². The molecule has 0 unspecified atom stereocenters. The van der Waals surface area contributed by atoms with Crippen LogP contribution in [0.3, 0.4) is 0 Å². The van der Waals surface area contributed by atoms with Crippen molar-refractivity contribution in [2.75, 3.05) is 4.72 Å². The summed E-state index contributed by atoms with van der Waals surface area (Å²) < 4.78 is 22.8. The van der Waals surface area contributed by atoms with Crippen LogP contribution in [0.1, 0.15) is 5.56 Å². The first kappa shape index (κ1) is 8.07. The Kier molecular flexibility index (Phi) is 2.48. The van der Waals surface area contributed by atoms with Gasteiger partial charge in [-0.25, -0.2) is 8.42 Å². The van der Waals surface area contributed by atoms with Crippen molar-refractivity contribution in [3.63, 3.8) is 0 Å². The van der Waals surface area contributed by atoms with Gasteiger partial charge in [0.05, 0.1) is 5.69 Å². The molecule has 1 aromatic rings. The lowest BCUT2D eigenvalue weighted by Gasteiger charge is -2.00. The molecule has 0 aliphatic carbocycles. The van der Waals surface area contributed by atoms with Crippen molar-refractivity contribution >= 4 is 16.6 Å². The third-order valence-electron chi connectivity index (χ3n) is 1.29. The van der Waals surface area contributed by atoms with Crippen LogP contribution in [0, 0.1) is 13.0 Å². The van der Waals surface area contributed by atoms with E-state index in [2.05, 4.69) is 10.8 Å². The van der Waals surface area contributed by atoms with Crippen LogP contribution >= 0.6 is 0 Å². The molecule has 0 atom stereocenters. The van der Waals surface area contributed by atoms with Gasteiger partial charge < -0.3 is 0 Å². The standard InChI is InChI=1S/C7H8NO2S/c1-6-4-2-3-5-7(6)8-11(9)10/h2,4-5,11H,1H3,(H,8,9,10). The maximum Gasteiger partial charge on any atom is 0.222 e. The summed E-state index contributed by atoms with van der Waals surface area (Å²) in [5.41, 5.74) is 1.48. The van der Waals surface area contributed by atoms with Crippen LogP contribution in [0.15, 0.2) is 18.2 Å². The molecule has 0 aliphatic heterocycles. The van der Waals surface area contributed by atoms with Gasteiger partial charge in [-0.1, -0.05) is 12.1 Å². The predicted molar refractivity (Wildman–Crippen MR) is 44.0 cm³/mol. The van der Waals surface area contributed by atoms with Crippen LogP contribution in [-0.4, -0.2) is 8.42 Å². The number of nitrogens with one attached hydrogen (secondary N) is 1. The van der Waals surface area contributed by atoms with Crippen molar-refractivity contribution in [2.45, 2.75) is 6.92 Å². The molecule has 0 saturated carbocycles. The van der Waals surface area contributed by atoms with Crippen LogP contribution in [0.25, 0.3) is 0 Å². The molecule has 11 heavy (non-hydrogen) atoms. The van der Waals surface area contributed by atoms with Gasteiger partial charge in [0, 0.05) is 0 Å². The second-order valence-corrected chi connectivity index (χ2v) is 2.85. The second-order valence-electron chi connectivity index (χ2n) is 2.11. The zero-order valence-corrected chi connectivity index (χ0v) is 6.89. The largest absolute Gasteiger partial charge is 0.285 e. The number of hydrogen-bond donors (Lipinski definition) is 2. The summed E-state index contributed by atoms with van der Waals surface area (Å²) in [7, 11) is -2.56. The average Bonchev–Trinajstić information content (AvgIpc) is 1.93. The monoisotopic (exact) mass is 170 g/mol. The molecule has 0 spiro atoms. The number of rotatable bonds is 2. The Morgan fingerprint density at radius 1 is 1.55 bits per heavy atom. The highest BCUT2D eigenvalue weighted by Crippen LogP contribution is 2.11. The van der Waals surface area contributed by atoms with E-state index >= 15 is 0 Å². The van der Waals surface area contributed by atoms with E-state index in [-0.39, 0.29) is 0 Å². The van der Waals surface area contributed by atoms with E-state index < -0.39 is 10.9 Å². The number of hydrogen-bond acceptors (Lipinski definition) is 2. The van der Waals surface area contributed by atoms with Crippen LogP contribution < -0.4 is 4.72 Å². The summed E-state index contributed by atoms with van der Waals surface area (Å²) in [5, 5.41) is 0. The quantitative estimate of drug-likeness (QED) is 0.643. The summed E-state index contributed by atoms with van der Waals surface area (Å²) in [6.45, 7) is 1.83. The smallest absolute Gasteiger partial charge is 0.222 e. The number of anilines is 1. The zero-order chi connectivity index (χ0) is 8.27. The van der Waals surface area contributed by atoms with Crippen LogP contribution in [0.4, 0.5) is 5.69 Å². The highest BCUT2D eigenvalue weighted by molar-refractivity contribution is 7.73. The van der Waals surface area contributed by atoms with Gasteiger partial charge in [-0.05, 0) is 24.6 Å². The third-order valence-corrected chi connectivity index (χ3v) is 1.72. The summed E-state index contributed by atoms with van der Waals surface area (Å²) in [4.78, 5) is 0. The van der Waals surface area contributed by atoms with Crippen LogP contribution in [0.2, 0.25) is 0 Å². The maximum atomic E-state index is 10.2. The topological polar surface area (TPSA) is 46.2 Å². The van der Waals surface area contributed by atoms with Gasteiger partial charge in [0.2, 0.25) is 10.9 Å². The Balaban J connectivity index is 2.94. The van der Waals surface area contributed by atoms with Crippen molar-refractivity contribution in [3.05, 3.63) is 29.8 Å². The fraction of sp³-hybridized carbons (Fsp3) is 0.143. The van der Waals surface area contributed by atoms with E-state index in [4.69, 9.17) is 0 Å². The molecule has 0 bridgehead atoms. The third kappa shape index (κ3) is 2.23. The van der Waals surface area contributed by atoms with E-state index in [1.165, 1.54) is 0 Å².